The lowest BCUT2D eigenvalue weighted by Crippen LogP contribution is -2.35. The van der Waals surface area contributed by atoms with E-state index in [1.807, 2.05) is 12.1 Å². The maximum atomic E-state index is 10.3. The standard InChI is InChI=1S/C9H14N4O/c10-9(14)13-6-5-12-7-8-1-3-11-4-2-8/h1-4,12H,5-7H2,(H3,10,13,14). The van der Waals surface area contributed by atoms with Crippen molar-refractivity contribution in [2.24, 2.45) is 5.73 Å². The third kappa shape index (κ3) is 4.42. The Morgan fingerprint density at radius 3 is 2.71 bits per heavy atom. The molecule has 0 spiro atoms. The number of carbonyl (C=O) groups excluding carboxylic acids is 1. The summed E-state index contributed by atoms with van der Waals surface area (Å²) in [6.45, 7) is 2.01. The van der Waals surface area contributed by atoms with Gasteiger partial charge in [-0.25, -0.2) is 4.79 Å². The van der Waals surface area contributed by atoms with E-state index in [0.717, 1.165) is 6.54 Å². The molecule has 0 fully saturated rings. The first-order valence-electron chi connectivity index (χ1n) is 4.42. The highest BCUT2D eigenvalue weighted by molar-refractivity contribution is 5.71. The molecule has 14 heavy (non-hydrogen) atoms. The van der Waals surface area contributed by atoms with Crippen LogP contribution < -0.4 is 16.4 Å². The van der Waals surface area contributed by atoms with Gasteiger partial charge in [-0.2, -0.15) is 0 Å². The quantitative estimate of drug-likeness (QED) is 0.570. The summed E-state index contributed by atoms with van der Waals surface area (Å²) < 4.78 is 0. The highest BCUT2D eigenvalue weighted by Crippen LogP contribution is 1.93. The van der Waals surface area contributed by atoms with Gasteiger partial charge in [0.2, 0.25) is 0 Å². The molecule has 0 aliphatic carbocycles. The summed E-state index contributed by atoms with van der Waals surface area (Å²) in [5, 5.41) is 5.65. The molecule has 1 aromatic rings. The average Bonchev–Trinajstić information content (AvgIpc) is 2.18. The third-order valence-electron chi connectivity index (χ3n) is 1.68. The largest absolute Gasteiger partial charge is 0.352 e. The molecule has 0 saturated carbocycles. The number of aromatic nitrogens is 1. The monoisotopic (exact) mass is 194 g/mol. The SMILES string of the molecule is NC(=O)NCCNCc1ccncc1. The number of rotatable bonds is 5. The Morgan fingerprint density at radius 2 is 2.07 bits per heavy atom. The van der Waals surface area contributed by atoms with Crippen LogP contribution in [0.4, 0.5) is 4.79 Å². The normalized spacial score (nSPS) is 9.71. The van der Waals surface area contributed by atoms with Gasteiger partial charge in [0.15, 0.2) is 0 Å². The van der Waals surface area contributed by atoms with Gasteiger partial charge in [-0.15, -0.1) is 0 Å². The van der Waals surface area contributed by atoms with Crippen LogP contribution in [0, 0.1) is 0 Å². The van der Waals surface area contributed by atoms with E-state index < -0.39 is 6.03 Å². The molecule has 0 radical (unpaired) electrons. The molecule has 1 aromatic heterocycles. The number of nitrogens with one attached hydrogen (secondary N) is 2. The summed E-state index contributed by atoms with van der Waals surface area (Å²) >= 11 is 0. The van der Waals surface area contributed by atoms with E-state index >= 15 is 0 Å². The van der Waals surface area contributed by atoms with E-state index in [2.05, 4.69) is 15.6 Å². The smallest absolute Gasteiger partial charge is 0.312 e. The number of carbonyl (C=O) groups is 1. The van der Waals surface area contributed by atoms with Crippen molar-refractivity contribution in [3.63, 3.8) is 0 Å². The number of amides is 2. The predicted molar refractivity (Wildman–Crippen MR) is 53.5 cm³/mol. The summed E-state index contributed by atoms with van der Waals surface area (Å²) in [4.78, 5) is 14.2. The number of primary amides is 1. The zero-order valence-electron chi connectivity index (χ0n) is 7.86. The molecule has 4 N–H and O–H groups in total. The summed E-state index contributed by atoms with van der Waals surface area (Å²) in [5.74, 6) is 0. The average molecular weight is 194 g/mol. The van der Waals surface area contributed by atoms with Crippen LogP contribution in [0.1, 0.15) is 5.56 Å². The molecule has 0 atom stereocenters. The van der Waals surface area contributed by atoms with Crippen molar-refractivity contribution >= 4 is 6.03 Å². The van der Waals surface area contributed by atoms with Crippen LogP contribution in [0.3, 0.4) is 0 Å². The first kappa shape index (κ1) is 10.5. The Labute approximate surface area is 82.7 Å². The maximum absolute atomic E-state index is 10.3. The summed E-state index contributed by atoms with van der Waals surface area (Å²) in [6.07, 6.45) is 3.50. The van der Waals surface area contributed by atoms with Crippen molar-refractivity contribution in [3.05, 3.63) is 30.1 Å². The zero-order valence-corrected chi connectivity index (χ0v) is 7.86. The van der Waals surface area contributed by atoms with E-state index in [1.165, 1.54) is 5.56 Å². The Balaban J connectivity index is 2.08. The molecule has 0 unspecified atom stereocenters. The zero-order chi connectivity index (χ0) is 10.2. The number of hydrogen-bond acceptors (Lipinski definition) is 3. The number of urea groups is 1. The number of nitrogens with zero attached hydrogens (tertiary/aromatic N) is 1. The van der Waals surface area contributed by atoms with Crippen LogP contribution in [0.2, 0.25) is 0 Å². The first-order chi connectivity index (χ1) is 6.79. The minimum Gasteiger partial charge on any atom is -0.352 e. The summed E-state index contributed by atoms with van der Waals surface area (Å²) in [7, 11) is 0. The topological polar surface area (TPSA) is 80.0 Å². The summed E-state index contributed by atoms with van der Waals surface area (Å²) in [5.41, 5.74) is 6.07. The highest BCUT2D eigenvalue weighted by atomic mass is 16.2. The first-order valence-corrected chi connectivity index (χ1v) is 4.42. The molecular formula is C9H14N4O. The van der Waals surface area contributed by atoms with Gasteiger partial charge in [0.25, 0.3) is 0 Å². The van der Waals surface area contributed by atoms with Crippen molar-refractivity contribution in [1.82, 2.24) is 15.6 Å². The van der Waals surface area contributed by atoms with E-state index in [1.54, 1.807) is 12.4 Å². The summed E-state index contributed by atoms with van der Waals surface area (Å²) in [6, 6.07) is 3.39. The number of hydrogen-bond donors (Lipinski definition) is 3. The van der Waals surface area contributed by atoms with Gasteiger partial charge < -0.3 is 16.4 Å². The van der Waals surface area contributed by atoms with Crippen LogP contribution >= 0.6 is 0 Å². The van der Waals surface area contributed by atoms with Crippen LogP contribution in [-0.4, -0.2) is 24.1 Å². The van der Waals surface area contributed by atoms with Gasteiger partial charge in [0.05, 0.1) is 0 Å². The lowest BCUT2D eigenvalue weighted by Gasteiger charge is -2.04. The van der Waals surface area contributed by atoms with Crippen LogP contribution in [-0.2, 0) is 6.54 Å². The van der Waals surface area contributed by atoms with Gasteiger partial charge in [-0.05, 0) is 17.7 Å². The fraction of sp³-hybridized carbons (Fsp3) is 0.333. The Bertz CT molecular complexity index is 275. The van der Waals surface area contributed by atoms with E-state index in [9.17, 15) is 4.79 Å². The van der Waals surface area contributed by atoms with E-state index in [4.69, 9.17) is 5.73 Å². The Hall–Kier alpha value is -1.62. The maximum Gasteiger partial charge on any atom is 0.312 e. The molecular weight excluding hydrogens is 180 g/mol. The van der Waals surface area contributed by atoms with Crippen LogP contribution in [0.5, 0.6) is 0 Å². The highest BCUT2D eigenvalue weighted by Gasteiger charge is 1.92. The molecule has 5 nitrogen and oxygen atoms in total. The van der Waals surface area contributed by atoms with Crippen molar-refractivity contribution in [2.75, 3.05) is 13.1 Å². The van der Waals surface area contributed by atoms with E-state index in [0.29, 0.717) is 13.1 Å². The fourth-order valence-electron chi connectivity index (χ4n) is 1.01. The van der Waals surface area contributed by atoms with Crippen molar-refractivity contribution < 1.29 is 4.79 Å². The van der Waals surface area contributed by atoms with Gasteiger partial charge >= 0.3 is 6.03 Å². The molecule has 0 aliphatic heterocycles. The second kappa shape index (κ2) is 5.93. The van der Waals surface area contributed by atoms with Crippen molar-refractivity contribution in [2.45, 2.75) is 6.54 Å². The lowest BCUT2D eigenvalue weighted by atomic mass is 10.3. The van der Waals surface area contributed by atoms with E-state index in [-0.39, 0.29) is 0 Å². The molecule has 0 aliphatic rings. The number of pyridine rings is 1. The molecule has 5 heteroatoms. The second-order valence-corrected chi connectivity index (χ2v) is 2.82. The minimum absolute atomic E-state index is 0.490. The van der Waals surface area contributed by atoms with Crippen molar-refractivity contribution in [3.8, 4) is 0 Å². The number of nitrogens with two attached hydrogens (primary N) is 1. The van der Waals surface area contributed by atoms with Crippen molar-refractivity contribution in [1.29, 1.82) is 0 Å². The van der Waals surface area contributed by atoms with Gasteiger partial charge in [-0.1, -0.05) is 0 Å². The Morgan fingerprint density at radius 1 is 1.36 bits per heavy atom. The molecule has 1 heterocycles. The molecule has 2 amide bonds. The minimum atomic E-state index is -0.490. The van der Waals surface area contributed by atoms with Crippen LogP contribution in [0.15, 0.2) is 24.5 Å². The van der Waals surface area contributed by atoms with Gasteiger partial charge in [0.1, 0.15) is 0 Å². The molecule has 0 bridgehead atoms. The predicted octanol–water partition coefficient (Wildman–Crippen LogP) is -0.160. The molecule has 0 saturated heterocycles. The molecule has 1 rings (SSSR count). The third-order valence-corrected chi connectivity index (χ3v) is 1.68. The molecule has 0 aromatic carbocycles. The Kier molecular flexibility index (Phi) is 4.43. The molecule has 76 valence electrons. The second-order valence-electron chi connectivity index (χ2n) is 2.82. The van der Waals surface area contributed by atoms with Crippen LogP contribution in [0.25, 0.3) is 0 Å². The van der Waals surface area contributed by atoms with Gasteiger partial charge in [-0.3, -0.25) is 4.98 Å². The fourth-order valence-corrected chi connectivity index (χ4v) is 1.01. The lowest BCUT2D eigenvalue weighted by molar-refractivity contribution is 0.249. The van der Waals surface area contributed by atoms with Gasteiger partial charge in [0, 0.05) is 32.0 Å².